The fraction of sp³-hybridized carbons (Fsp3) is 0.462. The number of rotatable bonds is 5. The number of ether oxygens (including phenoxy) is 1. The molecule has 0 saturated heterocycles. The van der Waals surface area contributed by atoms with E-state index in [2.05, 4.69) is 9.97 Å². The van der Waals surface area contributed by atoms with Crippen LogP contribution in [0, 0.1) is 13.8 Å². The molecule has 2 aromatic heterocycles. The van der Waals surface area contributed by atoms with Crippen LogP contribution >= 0.6 is 11.3 Å². The number of fused-ring (bicyclic) bond motifs is 1. The number of nitrogens with zero attached hydrogens (tertiary/aromatic N) is 2. The number of hydrogen-bond donors (Lipinski definition) is 1. The fourth-order valence-electron chi connectivity index (χ4n) is 1.87. The monoisotopic (exact) mass is 280 g/mol. The van der Waals surface area contributed by atoms with Crippen LogP contribution in [0.4, 0.5) is 0 Å². The summed E-state index contributed by atoms with van der Waals surface area (Å²) in [6, 6.07) is 0. The van der Waals surface area contributed by atoms with Gasteiger partial charge < -0.3 is 9.84 Å². The molecule has 6 heteroatoms. The average molecular weight is 280 g/mol. The summed E-state index contributed by atoms with van der Waals surface area (Å²) in [4.78, 5) is 21.8. The Kier molecular flexibility index (Phi) is 4.11. The molecule has 0 radical (unpaired) electrons. The molecule has 0 spiro atoms. The Bertz CT molecular complexity index is 622. The van der Waals surface area contributed by atoms with Crippen molar-refractivity contribution in [1.29, 1.82) is 0 Å². The summed E-state index contributed by atoms with van der Waals surface area (Å²) in [5, 5.41) is 9.96. The summed E-state index contributed by atoms with van der Waals surface area (Å²) in [7, 11) is 0. The lowest BCUT2D eigenvalue weighted by Crippen LogP contribution is -2.08. The van der Waals surface area contributed by atoms with Gasteiger partial charge in [-0.25, -0.2) is 14.8 Å². The second-order valence-electron chi connectivity index (χ2n) is 4.20. The van der Waals surface area contributed by atoms with E-state index in [9.17, 15) is 9.90 Å². The first kappa shape index (κ1) is 13.9. The molecule has 2 aromatic rings. The maximum Gasteiger partial charge on any atom is 0.355 e. The Hall–Kier alpha value is -1.53. The molecule has 0 fully saturated rings. The Morgan fingerprint density at radius 1 is 1.37 bits per heavy atom. The summed E-state index contributed by atoms with van der Waals surface area (Å²) < 4.78 is 5.25. The summed E-state index contributed by atoms with van der Waals surface area (Å²) >= 11 is 1.51. The van der Waals surface area contributed by atoms with Crippen LogP contribution in [-0.4, -0.2) is 34.3 Å². The highest BCUT2D eigenvalue weighted by Crippen LogP contribution is 2.30. The van der Waals surface area contributed by atoms with Crippen molar-refractivity contribution in [2.45, 2.75) is 27.2 Å². The zero-order valence-corrected chi connectivity index (χ0v) is 12.0. The first-order chi connectivity index (χ1) is 9.04. The molecule has 19 heavy (non-hydrogen) atoms. The highest BCUT2D eigenvalue weighted by atomic mass is 32.1. The van der Waals surface area contributed by atoms with Crippen molar-refractivity contribution >= 4 is 27.5 Å². The molecule has 2 rings (SSSR count). The second kappa shape index (κ2) is 5.63. The summed E-state index contributed by atoms with van der Waals surface area (Å²) in [6.45, 7) is 6.92. The van der Waals surface area contributed by atoms with Gasteiger partial charge in [0.2, 0.25) is 0 Å². The van der Waals surface area contributed by atoms with Gasteiger partial charge in [-0.15, -0.1) is 11.3 Å². The lowest BCUT2D eigenvalue weighted by molar-refractivity contribution is 0.0692. The molecule has 0 aliphatic heterocycles. The minimum absolute atomic E-state index is 0.0957. The van der Waals surface area contributed by atoms with E-state index < -0.39 is 5.97 Å². The number of hydrogen-bond acceptors (Lipinski definition) is 5. The van der Waals surface area contributed by atoms with Crippen LogP contribution < -0.4 is 0 Å². The maximum absolute atomic E-state index is 11.3. The van der Waals surface area contributed by atoms with Gasteiger partial charge in [0.25, 0.3) is 0 Å². The predicted molar refractivity (Wildman–Crippen MR) is 74.0 cm³/mol. The molecule has 0 bridgehead atoms. The van der Waals surface area contributed by atoms with Crippen molar-refractivity contribution < 1.29 is 14.6 Å². The van der Waals surface area contributed by atoms with Crippen LogP contribution in [0.2, 0.25) is 0 Å². The van der Waals surface area contributed by atoms with E-state index in [1.54, 1.807) is 0 Å². The van der Waals surface area contributed by atoms with Gasteiger partial charge >= 0.3 is 5.97 Å². The molecular weight excluding hydrogens is 264 g/mol. The third-order valence-electron chi connectivity index (χ3n) is 2.95. The first-order valence-corrected chi connectivity index (χ1v) is 6.93. The zero-order chi connectivity index (χ0) is 14.0. The van der Waals surface area contributed by atoms with E-state index in [0.29, 0.717) is 30.8 Å². The van der Waals surface area contributed by atoms with Gasteiger partial charge in [0.05, 0.1) is 6.61 Å². The quantitative estimate of drug-likeness (QED) is 0.852. The largest absolute Gasteiger partial charge is 0.476 e. The van der Waals surface area contributed by atoms with Gasteiger partial charge in [-0.1, -0.05) is 0 Å². The molecule has 0 unspecified atom stereocenters. The summed E-state index contributed by atoms with van der Waals surface area (Å²) in [5.41, 5.74) is 1.05. The van der Waals surface area contributed by atoms with Crippen molar-refractivity contribution in [3.63, 3.8) is 0 Å². The van der Waals surface area contributed by atoms with E-state index >= 15 is 0 Å². The molecule has 0 aliphatic rings. The highest BCUT2D eigenvalue weighted by Gasteiger charge is 2.18. The van der Waals surface area contributed by atoms with Gasteiger partial charge in [-0.3, -0.25) is 0 Å². The Morgan fingerprint density at radius 3 is 2.74 bits per heavy atom. The van der Waals surface area contributed by atoms with E-state index in [4.69, 9.17) is 4.74 Å². The van der Waals surface area contributed by atoms with Crippen LogP contribution in [0.5, 0.6) is 0 Å². The number of thiophene rings is 1. The van der Waals surface area contributed by atoms with E-state index in [1.807, 2.05) is 20.8 Å². The van der Waals surface area contributed by atoms with E-state index in [0.717, 1.165) is 15.3 Å². The number of carboxylic acids is 1. The number of carbonyl (C=O) groups is 1. The third kappa shape index (κ3) is 2.74. The van der Waals surface area contributed by atoms with E-state index in [-0.39, 0.29) is 5.69 Å². The minimum Gasteiger partial charge on any atom is -0.476 e. The topological polar surface area (TPSA) is 72.3 Å². The zero-order valence-electron chi connectivity index (χ0n) is 11.2. The number of aromatic nitrogens is 2. The average Bonchev–Trinajstić information content (AvgIpc) is 2.64. The SMILES string of the molecule is CCOCCc1nc(C(=O)O)c2c(C)c(C)sc2n1. The van der Waals surface area contributed by atoms with Crippen LogP contribution in [-0.2, 0) is 11.2 Å². The smallest absolute Gasteiger partial charge is 0.355 e. The lowest BCUT2D eigenvalue weighted by atomic mass is 10.1. The van der Waals surface area contributed by atoms with Gasteiger partial charge in [-0.2, -0.15) is 0 Å². The standard InChI is InChI=1S/C13H16N2O3S/c1-4-18-6-5-9-14-11(13(16)17)10-7(2)8(3)19-12(10)15-9/h4-6H2,1-3H3,(H,16,17). The molecule has 1 N–H and O–H groups in total. The van der Waals surface area contributed by atoms with Crippen LogP contribution in [0.1, 0.15) is 33.7 Å². The molecule has 2 heterocycles. The number of carboxylic acid groups (broad SMARTS) is 1. The minimum atomic E-state index is -1.01. The Morgan fingerprint density at radius 2 is 2.11 bits per heavy atom. The van der Waals surface area contributed by atoms with Gasteiger partial charge in [-0.05, 0) is 26.3 Å². The van der Waals surface area contributed by atoms with Crippen LogP contribution in [0.3, 0.4) is 0 Å². The van der Waals surface area contributed by atoms with Crippen LogP contribution in [0.15, 0.2) is 0 Å². The molecule has 0 aliphatic carbocycles. The summed E-state index contributed by atoms with van der Waals surface area (Å²) in [6.07, 6.45) is 0.528. The number of aryl methyl sites for hydroxylation is 2. The van der Waals surface area contributed by atoms with E-state index in [1.165, 1.54) is 11.3 Å². The van der Waals surface area contributed by atoms with Gasteiger partial charge in [0.1, 0.15) is 10.7 Å². The molecule has 5 nitrogen and oxygen atoms in total. The normalized spacial score (nSPS) is 11.1. The van der Waals surface area contributed by atoms with Crippen molar-refractivity contribution in [2.75, 3.05) is 13.2 Å². The molecule has 0 saturated carbocycles. The molecule has 0 aromatic carbocycles. The lowest BCUT2D eigenvalue weighted by Gasteiger charge is -2.04. The Balaban J connectivity index is 2.49. The maximum atomic E-state index is 11.3. The van der Waals surface area contributed by atoms with Gasteiger partial charge in [0, 0.05) is 23.3 Å². The molecule has 0 atom stereocenters. The second-order valence-corrected chi connectivity index (χ2v) is 5.41. The van der Waals surface area contributed by atoms with Crippen molar-refractivity contribution in [3.05, 3.63) is 22.0 Å². The van der Waals surface area contributed by atoms with Crippen molar-refractivity contribution in [1.82, 2.24) is 9.97 Å². The van der Waals surface area contributed by atoms with Gasteiger partial charge in [0.15, 0.2) is 5.69 Å². The fourth-order valence-corrected chi connectivity index (χ4v) is 2.92. The predicted octanol–water partition coefficient (Wildman–Crippen LogP) is 2.59. The van der Waals surface area contributed by atoms with Crippen molar-refractivity contribution in [2.24, 2.45) is 0 Å². The molecular formula is C13H16N2O3S. The third-order valence-corrected chi connectivity index (χ3v) is 4.05. The van der Waals surface area contributed by atoms with Crippen molar-refractivity contribution in [3.8, 4) is 0 Å². The number of aromatic carboxylic acids is 1. The molecule has 102 valence electrons. The first-order valence-electron chi connectivity index (χ1n) is 6.12. The summed E-state index contributed by atoms with van der Waals surface area (Å²) in [5.74, 6) is -0.481. The molecule has 0 amide bonds. The Labute approximate surface area is 115 Å². The highest BCUT2D eigenvalue weighted by molar-refractivity contribution is 7.18. The van der Waals surface area contributed by atoms with Crippen LogP contribution in [0.25, 0.3) is 10.2 Å².